The fraction of sp³-hybridized carbons (Fsp3) is 0.769. The van der Waals surface area contributed by atoms with E-state index in [1.54, 1.807) is 0 Å². The number of hydrogen-bond donors (Lipinski definition) is 1. The van der Waals surface area contributed by atoms with Crippen molar-refractivity contribution >= 4 is 35.8 Å². The van der Waals surface area contributed by atoms with Crippen LogP contribution < -0.4 is 36.0 Å². The molecule has 0 unspecified atom stereocenters. The molecular weight excluding hydrogens is 560 g/mol. The average Bonchev–Trinajstić information content (AvgIpc) is 2.87. The summed E-state index contributed by atoms with van der Waals surface area (Å²) >= 11 is 0. The van der Waals surface area contributed by atoms with Crippen LogP contribution in [0.2, 0.25) is 0 Å². The van der Waals surface area contributed by atoms with E-state index in [9.17, 15) is 59.4 Å². The number of nitrogens with one attached hydrogen (secondary N) is 1. The Hall–Kier alpha value is -3.34. The van der Waals surface area contributed by atoms with Gasteiger partial charge in [-0.2, -0.15) is 0 Å². The van der Waals surface area contributed by atoms with E-state index in [0.717, 1.165) is 0 Å². The Morgan fingerprint density at radius 1 is 0.476 bits per heavy atom. The van der Waals surface area contributed by atoms with Crippen molar-refractivity contribution in [2.45, 2.75) is 75.9 Å². The van der Waals surface area contributed by atoms with Crippen LogP contribution in [0.15, 0.2) is 0 Å². The highest BCUT2D eigenvalue weighted by Crippen LogP contribution is 2.15. The van der Waals surface area contributed by atoms with E-state index in [0.29, 0.717) is 0 Å². The van der Waals surface area contributed by atoms with Gasteiger partial charge in [0, 0.05) is 88.4 Å². The lowest BCUT2D eigenvalue weighted by Crippen LogP contribution is -2.57. The van der Waals surface area contributed by atoms with Gasteiger partial charge < -0.3 is 64.7 Å². The zero-order chi connectivity index (χ0) is 31.7. The molecule has 1 aliphatic rings. The second-order valence-corrected chi connectivity index (χ2v) is 10.2. The highest BCUT2D eigenvalue weighted by atomic mass is 16.4. The van der Waals surface area contributed by atoms with Gasteiger partial charge in [-0.05, 0) is 57.8 Å². The summed E-state index contributed by atoms with van der Waals surface area (Å²) in [5, 5.41) is 71.7. The van der Waals surface area contributed by atoms with Crippen LogP contribution in [-0.4, -0.2) is 121 Å². The highest BCUT2D eigenvalue weighted by Gasteiger charge is 2.27. The minimum atomic E-state index is -1.50. The third kappa shape index (κ3) is 14.5. The zero-order valence-electron chi connectivity index (χ0n) is 23.5. The Morgan fingerprint density at radius 3 is 0.976 bits per heavy atom. The SMILES string of the molecule is O=C([O-])CCC[C@H](C(=O)[O-])N1CCNCCN([C@@H](CCCC(=O)[O-])C(=O)[O-])CCN([C@@H](CCCC(=O)[O-])C(=O)[O-])CC1. The number of rotatable bonds is 18. The zero-order valence-corrected chi connectivity index (χ0v) is 23.5. The van der Waals surface area contributed by atoms with Gasteiger partial charge in [0.15, 0.2) is 0 Å². The summed E-state index contributed by atoms with van der Waals surface area (Å²) < 4.78 is 0. The minimum absolute atomic E-state index is 0.00540. The van der Waals surface area contributed by atoms with Gasteiger partial charge in [-0.25, -0.2) is 0 Å². The number of nitrogens with zero attached hydrogens (tertiary/aromatic N) is 3. The van der Waals surface area contributed by atoms with Gasteiger partial charge in [-0.3, -0.25) is 14.7 Å². The first-order valence-electron chi connectivity index (χ1n) is 14.0. The molecule has 1 heterocycles. The minimum Gasteiger partial charge on any atom is -0.550 e. The van der Waals surface area contributed by atoms with E-state index in [4.69, 9.17) is 0 Å². The topological polar surface area (TPSA) is 263 Å². The van der Waals surface area contributed by atoms with Crippen LogP contribution >= 0.6 is 0 Å². The summed E-state index contributed by atoms with van der Waals surface area (Å²) in [7, 11) is 0. The lowest BCUT2D eigenvalue weighted by molar-refractivity contribution is -0.315. The monoisotopic (exact) mass is 598 g/mol. The molecule has 3 atom stereocenters. The highest BCUT2D eigenvalue weighted by molar-refractivity contribution is 5.72. The molecule has 1 fully saturated rings. The molecule has 0 spiro atoms. The van der Waals surface area contributed by atoms with Gasteiger partial charge in [0.05, 0.1) is 17.9 Å². The van der Waals surface area contributed by atoms with Crippen molar-refractivity contribution in [2.24, 2.45) is 0 Å². The fourth-order valence-corrected chi connectivity index (χ4v) is 5.02. The van der Waals surface area contributed by atoms with Crippen LogP contribution in [0.3, 0.4) is 0 Å². The number of hydrogen-bond acceptors (Lipinski definition) is 16. The predicted molar refractivity (Wildman–Crippen MR) is 131 cm³/mol. The van der Waals surface area contributed by atoms with Gasteiger partial charge in [0.1, 0.15) is 0 Å². The number of aliphatic carboxylic acids is 6. The van der Waals surface area contributed by atoms with Crippen molar-refractivity contribution in [3.05, 3.63) is 0 Å². The predicted octanol–water partition coefficient (Wildman–Crippen LogP) is -8.39. The van der Waals surface area contributed by atoms with Crippen molar-refractivity contribution in [1.82, 2.24) is 20.0 Å². The van der Waals surface area contributed by atoms with Gasteiger partial charge in [0.2, 0.25) is 0 Å². The first-order valence-corrected chi connectivity index (χ1v) is 14.0. The number of carboxylic acids is 6. The summed E-state index contributed by atoms with van der Waals surface area (Å²) in [6, 6.07) is -3.66. The molecule has 0 radical (unpaired) electrons. The van der Waals surface area contributed by atoms with Gasteiger partial charge in [-0.15, -0.1) is 0 Å². The van der Waals surface area contributed by atoms with Gasteiger partial charge >= 0.3 is 0 Å². The van der Waals surface area contributed by atoms with E-state index >= 15 is 0 Å². The van der Waals surface area contributed by atoms with E-state index in [2.05, 4.69) is 5.32 Å². The molecule has 1 N–H and O–H groups in total. The Balaban J connectivity index is 3.24. The molecule has 0 aromatic heterocycles. The molecule has 1 rings (SSSR count). The lowest BCUT2D eigenvalue weighted by atomic mass is 10.1. The first kappa shape index (κ1) is 36.7. The second-order valence-electron chi connectivity index (χ2n) is 10.2. The average molecular weight is 599 g/mol. The molecule has 0 saturated carbocycles. The maximum atomic E-state index is 12.1. The van der Waals surface area contributed by atoms with E-state index < -0.39 is 60.4 Å². The number of carbonyl (C=O) groups excluding carboxylic acids is 6. The number of carboxylic acid groups (broad SMARTS) is 6. The fourth-order valence-electron chi connectivity index (χ4n) is 5.02. The normalized spacial score (nSPS) is 18.6. The Labute approximate surface area is 243 Å². The van der Waals surface area contributed by atoms with E-state index in [-0.39, 0.29) is 104 Å². The van der Waals surface area contributed by atoms with Crippen LogP contribution in [0.4, 0.5) is 0 Å². The van der Waals surface area contributed by atoms with Crippen molar-refractivity contribution in [3.8, 4) is 0 Å². The maximum Gasteiger partial charge on any atom is 0.0586 e. The number of carbonyl (C=O) groups is 6. The standard InChI is InChI=1S/C26H44N4O12/c31-21(32)7-1-4-18(24(37)38)28-12-10-27-11-13-29(19(25(39)40)5-2-8-22(33)34)15-17-30(16-14-28)20(26(41)42)6-3-9-23(35)36/h18-20,27H,1-17H2,(H,31,32)(H,33,34)(H,35,36)(H,37,38)(H,39,40)(H,41,42)/p-6/t18-,19+,20-/m0/s1. The summed E-state index contributed by atoms with van der Waals surface area (Å²) in [5.74, 6) is -8.40. The van der Waals surface area contributed by atoms with Crippen LogP contribution in [-0.2, 0) is 28.8 Å². The summed E-state index contributed by atoms with van der Waals surface area (Å²) in [6.07, 6.45) is -1.39. The molecule has 16 nitrogen and oxygen atoms in total. The Kier molecular flexibility index (Phi) is 17.2. The third-order valence-electron chi connectivity index (χ3n) is 7.21. The molecule has 0 aliphatic carbocycles. The van der Waals surface area contributed by atoms with Crippen LogP contribution in [0.5, 0.6) is 0 Å². The van der Waals surface area contributed by atoms with Crippen LogP contribution in [0.25, 0.3) is 0 Å². The molecule has 1 aliphatic heterocycles. The second kappa shape index (κ2) is 19.7. The molecule has 16 heteroatoms. The third-order valence-corrected chi connectivity index (χ3v) is 7.21. The molecular formula is C26H38N4O12-6. The van der Waals surface area contributed by atoms with Crippen molar-refractivity contribution in [3.63, 3.8) is 0 Å². The Bertz CT molecular complexity index is 866. The molecule has 0 amide bonds. The van der Waals surface area contributed by atoms with Crippen LogP contribution in [0.1, 0.15) is 57.8 Å². The molecule has 240 valence electrons. The van der Waals surface area contributed by atoms with Crippen LogP contribution in [0, 0.1) is 0 Å². The lowest BCUT2D eigenvalue weighted by Gasteiger charge is -2.40. The molecule has 0 aromatic carbocycles. The molecule has 42 heavy (non-hydrogen) atoms. The van der Waals surface area contributed by atoms with Crippen molar-refractivity contribution in [2.75, 3.05) is 52.4 Å². The molecule has 0 bridgehead atoms. The Morgan fingerprint density at radius 2 is 0.738 bits per heavy atom. The van der Waals surface area contributed by atoms with E-state index in [1.807, 2.05) is 0 Å². The smallest absolute Gasteiger partial charge is 0.0586 e. The van der Waals surface area contributed by atoms with Gasteiger partial charge in [-0.1, -0.05) is 0 Å². The van der Waals surface area contributed by atoms with Crippen molar-refractivity contribution in [1.29, 1.82) is 0 Å². The molecule has 1 saturated heterocycles. The first-order chi connectivity index (χ1) is 19.8. The summed E-state index contributed by atoms with van der Waals surface area (Å²) in [6.45, 7) is 0.715. The maximum absolute atomic E-state index is 12.1. The van der Waals surface area contributed by atoms with E-state index in [1.165, 1.54) is 14.7 Å². The summed E-state index contributed by atoms with van der Waals surface area (Å²) in [4.78, 5) is 73.1. The largest absolute Gasteiger partial charge is 0.550 e. The quantitative estimate of drug-likeness (QED) is 0.153. The van der Waals surface area contributed by atoms with Gasteiger partial charge in [0.25, 0.3) is 0 Å². The molecule has 0 aromatic rings. The van der Waals surface area contributed by atoms with Crippen molar-refractivity contribution < 1.29 is 59.4 Å². The summed E-state index contributed by atoms with van der Waals surface area (Å²) in [5.41, 5.74) is 0.